The van der Waals surface area contributed by atoms with Crippen molar-refractivity contribution < 1.29 is 18.0 Å². The van der Waals surface area contributed by atoms with E-state index in [0.717, 1.165) is 0 Å². The van der Waals surface area contributed by atoms with E-state index >= 15 is 0 Å². The van der Waals surface area contributed by atoms with Crippen molar-refractivity contribution in [3.63, 3.8) is 0 Å². The normalized spacial score (nSPS) is 17.5. The third kappa shape index (κ3) is 4.47. The number of sulfonamides is 1. The fourth-order valence-corrected chi connectivity index (χ4v) is 5.21. The smallest absolute Gasteiger partial charge is 0.242 e. The highest BCUT2D eigenvalue weighted by Crippen LogP contribution is 2.36. The summed E-state index contributed by atoms with van der Waals surface area (Å²) in [6.07, 6.45) is 0. The van der Waals surface area contributed by atoms with Crippen LogP contribution in [0.2, 0.25) is 5.02 Å². The first kappa shape index (κ1) is 21.1. The number of nitrogens with zero attached hydrogens (tertiary/aromatic N) is 1. The van der Waals surface area contributed by atoms with Gasteiger partial charge in [-0.25, -0.2) is 8.42 Å². The second kappa shape index (κ2) is 8.53. The molecule has 0 aromatic heterocycles. The number of para-hydroxylation sites is 2. The van der Waals surface area contributed by atoms with Crippen molar-refractivity contribution in [3.05, 3.63) is 95.0 Å². The molecule has 3 aromatic rings. The van der Waals surface area contributed by atoms with Crippen LogP contribution in [0.4, 0.5) is 11.4 Å². The molecule has 3 aromatic carbocycles. The first-order chi connectivity index (χ1) is 14.8. The number of rotatable bonds is 4. The van der Waals surface area contributed by atoms with Gasteiger partial charge in [0.15, 0.2) is 5.78 Å². The molecule has 1 aliphatic heterocycles. The maximum Gasteiger partial charge on any atom is 0.242 e. The molecule has 31 heavy (non-hydrogen) atoms. The van der Waals surface area contributed by atoms with E-state index in [1.54, 1.807) is 72.8 Å². The molecule has 0 fully saturated rings. The van der Waals surface area contributed by atoms with E-state index < -0.39 is 33.4 Å². The van der Waals surface area contributed by atoms with Crippen LogP contribution in [0.3, 0.4) is 0 Å². The van der Waals surface area contributed by atoms with E-state index in [4.69, 9.17) is 11.6 Å². The summed E-state index contributed by atoms with van der Waals surface area (Å²) >= 11 is 5.94. The molecule has 0 radical (unpaired) electrons. The number of nitrogens with one attached hydrogen (secondary N) is 1. The minimum Gasteiger partial charge on any atom is -0.325 e. The van der Waals surface area contributed by atoms with E-state index in [-0.39, 0.29) is 6.54 Å². The van der Waals surface area contributed by atoms with E-state index in [0.29, 0.717) is 27.5 Å². The van der Waals surface area contributed by atoms with Gasteiger partial charge in [0.05, 0.1) is 12.2 Å². The highest BCUT2D eigenvalue weighted by molar-refractivity contribution is 7.93. The quantitative estimate of drug-likeness (QED) is 0.604. The number of carbonyl (C=O) groups excluding carboxylic acids is 2. The molecule has 1 unspecified atom stereocenters. The standard InChI is InChI=1S/C23H19ClN2O4S/c24-17-12-10-16(11-13-17)14-26-20-9-5-4-8-19(20)22(21(27)15-31(26,29)30)23(28)25-18-6-2-1-3-7-18/h1-13,22H,14-15H2,(H,25,28). The summed E-state index contributed by atoms with van der Waals surface area (Å²) in [6, 6.07) is 22.2. The van der Waals surface area contributed by atoms with Crippen molar-refractivity contribution >= 4 is 44.7 Å². The van der Waals surface area contributed by atoms with Crippen molar-refractivity contribution in [2.45, 2.75) is 12.5 Å². The number of amides is 1. The van der Waals surface area contributed by atoms with Crippen LogP contribution in [-0.2, 0) is 26.2 Å². The van der Waals surface area contributed by atoms with Gasteiger partial charge in [-0.3, -0.25) is 13.9 Å². The SMILES string of the molecule is O=C1CS(=O)(=O)N(Cc2ccc(Cl)cc2)c2ccccc2C1C(=O)Nc1ccccc1. The Morgan fingerprint density at radius 2 is 1.61 bits per heavy atom. The first-order valence-electron chi connectivity index (χ1n) is 9.57. The molecule has 0 aliphatic carbocycles. The highest BCUT2D eigenvalue weighted by Gasteiger charge is 2.40. The van der Waals surface area contributed by atoms with Gasteiger partial charge >= 0.3 is 0 Å². The van der Waals surface area contributed by atoms with Crippen molar-refractivity contribution in [2.24, 2.45) is 0 Å². The van der Waals surface area contributed by atoms with Gasteiger partial charge in [0.25, 0.3) is 0 Å². The molecule has 1 aliphatic rings. The third-order valence-corrected chi connectivity index (χ3v) is 6.94. The van der Waals surface area contributed by atoms with Gasteiger partial charge < -0.3 is 5.32 Å². The summed E-state index contributed by atoms with van der Waals surface area (Å²) < 4.78 is 27.4. The molecule has 0 saturated heterocycles. The Labute approximate surface area is 185 Å². The number of halogens is 1. The minimum absolute atomic E-state index is 0.0246. The molecular formula is C23H19ClN2O4S. The summed E-state index contributed by atoms with van der Waals surface area (Å²) in [5.41, 5.74) is 1.91. The number of carbonyl (C=O) groups is 2. The summed E-state index contributed by atoms with van der Waals surface area (Å²) in [6.45, 7) is 0.0246. The van der Waals surface area contributed by atoms with Gasteiger partial charge in [-0.05, 0) is 41.5 Å². The predicted octanol–water partition coefficient (Wildman–Crippen LogP) is 3.98. The Bertz CT molecular complexity index is 1230. The van der Waals surface area contributed by atoms with Gasteiger partial charge in [0, 0.05) is 10.7 Å². The van der Waals surface area contributed by atoms with Crippen molar-refractivity contribution in [3.8, 4) is 0 Å². The van der Waals surface area contributed by atoms with Crippen LogP contribution in [-0.4, -0.2) is 25.9 Å². The zero-order valence-corrected chi connectivity index (χ0v) is 17.9. The molecule has 0 saturated carbocycles. The molecule has 6 nitrogen and oxygen atoms in total. The predicted molar refractivity (Wildman–Crippen MR) is 121 cm³/mol. The largest absolute Gasteiger partial charge is 0.325 e. The van der Waals surface area contributed by atoms with Gasteiger partial charge in [-0.1, -0.05) is 60.1 Å². The van der Waals surface area contributed by atoms with Crippen molar-refractivity contribution in [1.29, 1.82) is 0 Å². The number of hydrogen-bond acceptors (Lipinski definition) is 4. The minimum atomic E-state index is -4.00. The van der Waals surface area contributed by atoms with E-state index in [1.165, 1.54) is 4.31 Å². The van der Waals surface area contributed by atoms with E-state index in [1.807, 2.05) is 6.07 Å². The Balaban J connectivity index is 1.75. The molecule has 0 bridgehead atoms. The molecule has 1 amide bonds. The van der Waals surface area contributed by atoms with Crippen LogP contribution >= 0.6 is 11.6 Å². The summed E-state index contributed by atoms with van der Waals surface area (Å²) in [5.74, 6) is -3.23. The van der Waals surface area contributed by atoms with Crippen LogP contribution in [0.25, 0.3) is 0 Å². The number of benzene rings is 3. The van der Waals surface area contributed by atoms with Crippen LogP contribution < -0.4 is 9.62 Å². The number of Topliss-reactive ketones (excluding diaryl/α,β-unsaturated/α-hetero) is 1. The fourth-order valence-electron chi connectivity index (χ4n) is 3.59. The van der Waals surface area contributed by atoms with Gasteiger partial charge in [0.1, 0.15) is 11.7 Å². The summed E-state index contributed by atoms with van der Waals surface area (Å²) in [5, 5.41) is 3.26. The molecule has 4 rings (SSSR count). The lowest BCUT2D eigenvalue weighted by Crippen LogP contribution is -2.34. The Hall–Kier alpha value is -3.16. The van der Waals surface area contributed by atoms with Gasteiger partial charge in [-0.15, -0.1) is 0 Å². The average Bonchev–Trinajstić information content (AvgIpc) is 2.82. The van der Waals surface area contributed by atoms with Crippen LogP contribution in [0.15, 0.2) is 78.9 Å². The molecule has 158 valence electrons. The second-order valence-corrected chi connectivity index (χ2v) is 9.53. The van der Waals surface area contributed by atoms with E-state index in [9.17, 15) is 18.0 Å². The molecular weight excluding hydrogens is 436 g/mol. The number of ketones is 1. The molecule has 8 heteroatoms. The van der Waals surface area contributed by atoms with Crippen LogP contribution in [0, 0.1) is 0 Å². The molecule has 1 N–H and O–H groups in total. The topological polar surface area (TPSA) is 83.6 Å². The zero-order valence-electron chi connectivity index (χ0n) is 16.4. The highest BCUT2D eigenvalue weighted by atomic mass is 35.5. The van der Waals surface area contributed by atoms with E-state index in [2.05, 4.69) is 5.32 Å². The summed E-state index contributed by atoms with van der Waals surface area (Å²) in [4.78, 5) is 26.0. The lowest BCUT2D eigenvalue weighted by atomic mass is 9.92. The summed E-state index contributed by atoms with van der Waals surface area (Å²) in [7, 11) is -4.00. The Kier molecular flexibility index (Phi) is 5.80. The Morgan fingerprint density at radius 3 is 2.32 bits per heavy atom. The van der Waals surface area contributed by atoms with Crippen molar-refractivity contribution in [1.82, 2.24) is 0 Å². The number of anilines is 2. The average molecular weight is 455 g/mol. The van der Waals surface area contributed by atoms with Crippen molar-refractivity contribution in [2.75, 3.05) is 15.4 Å². The lowest BCUT2D eigenvalue weighted by Gasteiger charge is -2.24. The maximum atomic E-state index is 13.1. The molecule has 0 spiro atoms. The van der Waals surface area contributed by atoms with Gasteiger partial charge in [-0.2, -0.15) is 0 Å². The second-order valence-electron chi connectivity index (χ2n) is 7.20. The van der Waals surface area contributed by atoms with Gasteiger partial charge in [0.2, 0.25) is 15.9 Å². The fraction of sp³-hybridized carbons (Fsp3) is 0.130. The molecule has 1 atom stereocenters. The zero-order chi connectivity index (χ0) is 22.0. The van der Waals surface area contributed by atoms with Crippen LogP contribution in [0.5, 0.6) is 0 Å². The molecule has 1 heterocycles. The third-order valence-electron chi connectivity index (χ3n) is 5.04. The Morgan fingerprint density at radius 1 is 0.968 bits per heavy atom. The lowest BCUT2D eigenvalue weighted by molar-refractivity contribution is -0.126. The monoisotopic (exact) mass is 454 g/mol. The first-order valence-corrected chi connectivity index (χ1v) is 11.6. The number of fused-ring (bicyclic) bond motifs is 1. The van der Waals surface area contributed by atoms with Crippen LogP contribution in [0.1, 0.15) is 17.0 Å². The maximum absolute atomic E-state index is 13.1. The number of hydrogen-bond donors (Lipinski definition) is 1.